The molecule has 0 radical (unpaired) electrons. The quantitative estimate of drug-likeness (QED) is 0.430. The van der Waals surface area contributed by atoms with Crippen LogP contribution in [0.5, 0.6) is 5.75 Å². The van der Waals surface area contributed by atoms with Gasteiger partial charge in [0, 0.05) is 66.0 Å². The molecule has 4 heterocycles. The number of thiophene rings is 1. The second-order valence-electron chi connectivity index (χ2n) is 9.24. The molecule has 5 rings (SSSR count). The molecule has 2 aliphatic rings. The van der Waals surface area contributed by atoms with E-state index in [4.69, 9.17) is 16.3 Å². The maximum atomic E-state index is 12.3. The molecule has 1 aromatic carbocycles. The lowest BCUT2D eigenvalue weighted by Gasteiger charge is -2.31. The number of benzene rings is 1. The zero-order chi connectivity index (χ0) is 25.6. The van der Waals surface area contributed by atoms with Gasteiger partial charge in [-0.3, -0.25) is 19.5 Å². The fraction of sp³-hybridized carbons (Fsp3) is 0.385. The van der Waals surface area contributed by atoms with Crippen molar-refractivity contribution >= 4 is 51.1 Å². The number of carboxylic acid groups (broad SMARTS) is 1. The van der Waals surface area contributed by atoms with Gasteiger partial charge in [-0.15, -0.1) is 11.3 Å². The van der Waals surface area contributed by atoms with Gasteiger partial charge >= 0.3 is 6.09 Å². The molecule has 3 amide bonds. The summed E-state index contributed by atoms with van der Waals surface area (Å²) in [4.78, 5) is 44.0. The Hall–Kier alpha value is -3.17. The van der Waals surface area contributed by atoms with Gasteiger partial charge in [0.1, 0.15) is 11.9 Å². The number of aromatic nitrogens is 1. The first-order valence-electron chi connectivity index (χ1n) is 11.9. The summed E-state index contributed by atoms with van der Waals surface area (Å²) in [5.41, 5.74) is 3.41. The first kappa shape index (κ1) is 24.5. The van der Waals surface area contributed by atoms with Crippen LogP contribution in [-0.2, 0) is 9.59 Å². The fourth-order valence-electron chi connectivity index (χ4n) is 4.95. The third-order valence-electron chi connectivity index (χ3n) is 6.85. The van der Waals surface area contributed by atoms with Gasteiger partial charge < -0.3 is 14.7 Å². The van der Waals surface area contributed by atoms with Crippen LogP contribution in [-0.4, -0.2) is 57.0 Å². The highest BCUT2D eigenvalue weighted by Crippen LogP contribution is 2.43. The molecule has 2 aromatic heterocycles. The number of carbonyl (C=O) groups excluding carboxylic acids is 2. The minimum Gasteiger partial charge on any atom is -0.489 e. The molecule has 2 saturated heterocycles. The summed E-state index contributed by atoms with van der Waals surface area (Å²) in [7, 11) is 0. The molecular formula is C26H26ClN3O5S. The minimum absolute atomic E-state index is 0.109. The molecule has 0 aliphatic carbocycles. The molecule has 0 spiro atoms. The topological polar surface area (TPSA) is 100 Å². The Morgan fingerprint density at radius 2 is 1.86 bits per heavy atom. The normalized spacial score (nSPS) is 17.8. The highest BCUT2D eigenvalue weighted by Gasteiger charge is 2.34. The van der Waals surface area contributed by atoms with Gasteiger partial charge in [-0.2, -0.15) is 0 Å². The van der Waals surface area contributed by atoms with Crippen molar-refractivity contribution in [2.45, 2.75) is 51.7 Å². The van der Waals surface area contributed by atoms with Crippen molar-refractivity contribution in [2.24, 2.45) is 0 Å². The SMILES string of the molecule is Cc1cc(Cl)cc(-c2ccnc3cc([C@H](C)N4C(=O)CCC4=O)sc23)c1OC1CCN(C(=O)O)CC1. The summed E-state index contributed by atoms with van der Waals surface area (Å²) in [6, 6.07) is 7.23. The van der Waals surface area contributed by atoms with Crippen molar-refractivity contribution in [3.8, 4) is 16.9 Å². The second kappa shape index (κ2) is 9.71. The third kappa shape index (κ3) is 4.53. The maximum absolute atomic E-state index is 12.3. The zero-order valence-electron chi connectivity index (χ0n) is 20.0. The monoisotopic (exact) mass is 527 g/mol. The van der Waals surface area contributed by atoms with Crippen molar-refractivity contribution in [2.75, 3.05) is 13.1 Å². The van der Waals surface area contributed by atoms with E-state index < -0.39 is 6.09 Å². The average Bonchev–Trinajstić information content (AvgIpc) is 3.43. The largest absolute Gasteiger partial charge is 0.489 e. The van der Waals surface area contributed by atoms with Crippen LogP contribution in [0, 0.1) is 6.92 Å². The van der Waals surface area contributed by atoms with E-state index in [-0.39, 0.29) is 36.8 Å². The first-order valence-corrected chi connectivity index (χ1v) is 13.1. The Labute approximate surface area is 217 Å². The van der Waals surface area contributed by atoms with Crippen molar-refractivity contribution < 1.29 is 24.2 Å². The number of likely N-dealkylation sites (tertiary alicyclic amines) is 2. The molecule has 2 fully saturated rings. The molecule has 0 saturated carbocycles. The highest BCUT2D eigenvalue weighted by atomic mass is 35.5. The lowest BCUT2D eigenvalue weighted by molar-refractivity contribution is -0.140. The number of rotatable bonds is 5. The summed E-state index contributed by atoms with van der Waals surface area (Å²) in [6.45, 7) is 4.68. The van der Waals surface area contributed by atoms with Gasteiger partial charge in [-0.25, -0.2) is 4.79 Å². The van der Waals surface area contributed by atoms with E-state index in [1.165, 1.54) is 21.1 Å². The molecule has 3 aromatic rings. The number of aryl methyl sites for hydroxylation is 1. The third-order valence-corrected chi connectivity index (χ3v) is 8.39. The number of pyridine rings is 1. The van der Waals surface area contributed by atoms with Gasteiger partial charge in [0.15, 0.2) is 0 Å². The fourth-order valence-corrected chi connectivity index (χ4v) is 6.40. The Bertz CT molecular complexity index is 1350. The number of hydrogen-bond acceptors (Lipinski definition) is 6. The van der Waals surface area contributed by atoms with Crippen LogP contribution in [0.25, 0.3) is 21.3 Å². The molecule has 0 unspecified atom stereocenters. The lowest BCUT2D eigenvalue weighted by Crippen LogP contribution is -2.41. The van der Waals surface area contributed by atoms with Crippen LogP contribution in [0.4, 0.5) is 4.79 Å². The van der Waals surface area contributed by atoms with E-state index in [0.717, 1.165) is 31.8 Å². The number of piperidine rings is 1. The van der Waals surface area contributed by atoms with E-state index in [0.29, 0.717) is 36.7 Å². The van der Waals surface area contributed by atoms with Crippen LogP contribution >= 0.6 is 22.9 Å². The Balaban J connectivity index is 1.51. The summed E-state index contributed by atoms with van der Waals surface area (Å²) in [5.74, 6) is 0.426. The summed E-state index contributed by atoms with van der Waals surface area (Å²) in [5, 5.41) is 9.83. The highest BCUT2D eigenvalue weighted by molar-refractivity contribution is 7.19. The lowest BCUT2D eigenvalue weighted by atomic mass is 10.0. The molecule has 0 bridgehead atoms. The summed E-state index contributed by atoms with van der Waals surface area (Å²) >= 11 is 7.98. The summed E-state index contributed by atoms with van der Waals surface area (Å²) in [6.07, 6.45) is 2.45. The average molecular weight is 528 g/mol. The van der Waals surface area contributed by atoms with Crippen LogP contribution in [0.2, 0.25) is 5.02 Å². The van der Waals surface area contributed by atoms with Crippen LogP contribution < -0.4 is 4.74 Å². The standard InChI is InChI=1S/C26H26ClN3O5S/c1-14-11-16(27)12-19(24(14)35-17-6-9-29(10-7-17)26(33)34)18-5-8-28-20-13-21(36-25(18)20)15(2)30-22(31)3-4-23(30)32/h5,8,11-13,15,17H,3-4,6-7,9-10H2,1-2H3,(H,33,34)/t15-/m0/s1. The molecule has 188 valence electrons. The number of halogens is 1. The van der Waals surface area contributed by atoms with Gasteiger partial charge in [0.25, 0.3) is 0 Å². The molecule has 8 nitrogen and oxygen atoms in total. The Morgan fingerprint density at radius 3 is 2.53 bits per heavy atom. The number of fused-ring (bicyclic) bond motifs is 1. The maximum Gasteiger partial charge on any atom is 0.407 e. The van der Waals surface area contributed by atoms with E-state index in [1.54, 1.807) is 6.20 Å². The minimum atomic E-state index is -0.906. The van der Waals surface area contributed by atoms with E-state index in [2.05, 4.69) is 4.98 Å². The zero-order valence-corrected chi connectivity index (χ0v) is 21.6. The van der Waals surface area contributed by atoms with E-state index >= 15 is 0 Å². The first-order chi connectivity index (χ1) is 17.2. The summed E-state index contributed by atoms with van der Waals surface area (Å²) < 4.78 is 7.40. The predicted molar refractivity (Wildman–Crippen MR) is 138 cm³/mol. The van der Waals surface area contributed by atoms with Crippen molar-refractivity contribution in [1.82, 2.24) is 14.8 Å². The molecule has 36 heavy (non-hydrogen) atoms. The van der Waals surface area contributed by atoms with Gasteiger partial charge in [0.05, 0.1) is 16.3 Å². The van der Waals surface area contributed by atoms with E-state index in [1.807, 2.05) is 38.1 Å². The molecule has 10 heteroatoms. The van der Waals surface area contributed by atoms with Crippen molar-refractivity contribution in [1.29, 1.82) is 0 Å². The second-order valence-corrected chi connectivity index (χ2v) is 10.8. The van der Waals surface area contributed by atoms with E-state index in [9.17, 15) is 19.5 Å². The van der Waals surface area contributed by atoms with Gasteiger partial charge in [-0.05, 0) is 43.7 Å². The number of nitrogens with zero attached hydrogens (tertiary/aromatic N) is 3. The Kier molecular flexibility index (Phi) is 6.61. The molecule has 1 atom stereocenters. The number of hydrogen-bond donors (Lipinski definition) is 1. The molecule has 1 N–H and O–H groups in total. The van der Waals surface area contributed by atoms with Crippen LogP contribution in [0.3, 0.4) is 0 Å². The smallest absolute Gasteiger partial charge is 0.407 e. The van der Waals surface area contributed by atoms with Gasteiger partial charge in [0.2, 0.25) is 11.8 Å². The Morgan fingerprint density at radius 1 is 1.17 bits per heavy atom. The number of amides is 3. The number of ether oxygens (including phenoxy) is 1. The molecular weight excluding hydrogens is 502 g/mol. The van der Waals surface area contributed by atoms with Crippen molar-refractivity contribution in [3.05, 3.63) is 45.9 Å². The number of carbonyl (C=O) groups is 3. The van der Waals surface area contributed by atoms with Crippen LogP contribution in [0.15, 0.2) is 30.5 Å². The van der Waals surface area contributed by atoms with Gasteiger partial charge in [-0.1, -0.05) is 11.6 Å². The number of imide groups is 1. The van der Waals surface area contributed by atoms with Crippen molar-refractivity contribution in [3.63, 3.8) is 0 Å². The van der Waals surface area contributed by atoms with Crippen LogP contribution in [0.1, 0.15) is 49.1 Å². The molecule has 2 aliphatic heterocycles. The predicted octanol–water partition coefficient (Wildman–Crippen LogP) is 5.66.